The fourth-order valence-electron chi connectivity index (χ4n) is 4.09. The summed E-state index contributed by atoms with van der Waals surface area (Å²) in [5.41, 5.74) is -0.0644. The van der Waals surface area contributed by atoms with Crippen LogP contribution in [0.5, 0.6) is 0 Å². The van der Waals surface area contributed by atoms with Crippen molar-refractivity contribution in [1.82, 2.24) is 10.2 Å². The molecule has 0 bridgehead atoms. The van der Waals surface area contributed by atoms with Gasteiger partial charge in [-0.25, -0.2) is 4.99 Å². The number of benzene rings is 1. The number of fused-ring (bicyclic) bond motifs is 1. The largest absolute Gasteiger partial charge is 0.397 e. The molecule has 4 amide bonds. The zero-order valence-electron chi connectivity index (χ0n) is 16.7. The molecule has 7 nitrogen and oxygen atoms in total. The maximum atomic E-state index is 13.3. The Bertz CT molecular complexity index is 1010. The molecule has 0 spiro atoms. The highest BCUT2D eigenvalue weighted by Crippen LogP contribution is 2.55. The maximum Gasteiger partial charge on any atom is 0.397 e. The molecule has 1 saturated carbocycles. The second kappa shape index (κ2) is 7.28. The zero-order chi connectivity index (χ0) is 22.6. The van der Waals surface area contributed by atoms with Crippen LogP contribution in [-0.2, 0) is 16.1 Å². The van der Waals surface area contributed by atoms with Gasteiger partial charge in [-0.2, -0.15) is 13.2 Å². The van der Waals surface area contributed by atoms with Gasteiger partial charge in [-0.1, -0.05) is 6.92 Å². The van der Waals surface area contributed by atoms with E-state index in [0.717, 1.165) is 0 Å². The van der Waals surface area contributed by atoms with Gasteiger partial charge >= 0.3 is 6.18 Å². The molecule has 3 aliphatic rings. The van der Waals surface area contributed by atoms with E-state index in [-0.39, 0.29) is 24.9 Å². The van der Waals surface area contributed by atoms with Crippen LogP contribution in [0, 0.1) is 11.3 Å². The summed E-state index contributed by atoms with van der Waals surface area (Å²) in [7, 11) is 0. The highest BCUT2D eigenvalue weighted by atomic mass is 19.4. The number of alkyl halides is 3. The second-order valence-electron chi connectivity index (χ2n) is 8.53. The van der Waals surface area contributed by atoms with E-state index < -0.39 is 47.2 Å². The number of carbonyl (C=O) groups excluding carboxylic acids is 4. The molecule has 10 heteroatoms. The van der Waals surface area contributed by atoms with Crippen LogP contribution in [0.3, 0.4) is 0 Å². The lowest BCUT2D eigenvalue weighted by Gasteiger charge is -2.29. The number of piperidine rings is 1. The SMILES string of the molecule is CC1(C(C=NC(=O)c2ccc3c(c2)CN(C2CCC(=O)NC2=O)C3=O)C(F)(F)F)CC1. The summed E-state index contributed by atoms with van der Waals surface area (Å²) < 4.78 is 39.9. The Labute approximate surface area is 175 Å². The number of nitrogens with one attached hydrogen (secondary N) is 1. The van der Waals surface area contributed by atoms with Gasteiger partial charge in [0, 0.05) is 30.3 Å². The quantitative estimate of drug-likeness (QED) is 0.581. The summed E-state index contributed by atoms with van der Waals surface area (Å²) >= 11 is 0. The molecular formula is C21H20F3N3O4. The normalized spacial score (nSPS) is 23.7. The first kappa shape index (κ1) is 21.2. The highest BCUT2D eigenvalue weighted by molar-refractivity contribution is 6.06. The van der Waals surface area contributed by atoms with Crippen molar-refractivity contribution in [2.75, 3.05) is 0 Å². The first-order chi connectivity index (χ1) is 14.5. The lowest BCUT2D eigenvalue weighted by atomic mass is 9.91. The van der Waals surface area contributed by atoms with Gasteiger partial charge in [0.25, 0.3) is 11.8 Å². The smallest absolute Gasteiger partial charge is 0.322 e. The molecule has 4 rings (SSSR count). The molecular weight excluding hydrogens is 415 g/mol. The summed E-state index contributed by atoms with van der Waals surface area (Å²) in [6.07, 6.45) is -2.62. The number of halogens is 3. The molecule has 164 valence electrons. The van der Waals surface area contributed by atoms with Crippen LogP contribution < -0.4 is 5.32 Å². The van der Waals surface area contributed by atoms with Crippen molar-refractivity contribution >= 4 is 29.8 Å². The van der Waals surface area contributed by atoms with Crippen molar-refractivity contribution in [3.63, 3.8) is 0 Å². The third-order valence-electron chi connectivity index (χ3n) is 6.25. The van der Waals surface area contributed by atoms with Gasteiger partial charge in [0.2, 0.25) is 11.8 Å². The van der Waals surface area contributed by atoms with Gasteiger partial charge in [-0.15, -0.1) is 0 Å². The van der Waals surface area contributed by atoms with Crippen LogP contribution in [0.2, 0.25) is 0 Å². The molecule has 1 aromatic rings. The van der Waals surface area contributed by atoms with Crippen molar-refractivity contribution < 1.29 is 32.3 Å². The molecule has 2 atom stereocenters. The Kier molecular flexibility index (Phi) is 4.98. The standard InChI is InChI=1S/C21H20F3N3O4/c1-20(6-7-20)15(21(22,23)24)9-25-17(29)11-2-3-13-12(8-11)10-27(19(13)31)14-4-5-16(28)26-18(14)30/h2-3,8-9,14-15H,4-7,10H2,1H3,(H,26,28,30). The third kappa shape index (κ3) is 3.98. The van der Waals surface area contributed by atoms with Crippen molar-refractivity contribution in [3.8, 4) is 0 Å². The van der Waals surface area contributed by atoms with Gasteiger partial charge < -0.3 is 4.90 Å². The van der Waals surface area contributed by atoms with Crippen molar-refractivity contribution in [3.05, 3.63) is 34.9 Å². The Morgan fingerprint density at radius 1 is 1.29 bits per heavy atom. The van der Waals surface area contributed by atoms with E-state index >= 15 is 0 Å². The first-order valence-electron chi connectivity index (χ1n) is 9.92. The van der Waals surface area contributed by atoms with Gasteiger partial charge in [-0.3, -0.25) is 24.5 Å². The predicted molar refractivity (Wildman–Crippen MR) is 102 cm³/mol. The molecule has 0 aromatic heterocycles. The van der Waals surface area contributed by atoms with Gasteiger partial charge in [0.05, 0.1) is 5.92 Å². The van der Waals surface area contributed by atoms with Gasteiger partial charge in [0.15, 0.2) is 0 Å². The van der Waals surface area contributed by atoms with E-state index in [4.69, 9.17) is 0 Å². The van der Waals surface area contributed by atoms with E-state index in [1.807, 2.05) is 0 Å². The molecule has 1 aromatic carbocycles. The molecule has 2 heterocycles. The minimum atomic E-state index is -4.48. The number of nitrogens with zero attached hydrogens (tertiary/aromatic N) is 2. The van der Waals surface area contributed by atoms with Crippen molar-refractivity contribution in [1.29, 1.82) is 0 Å². The van der Waals surface area contributed by atoms with Crippen molar-refractivity contribution in [2.45, 2.75) is 51.4 Å². The number of imide groups is 1. The molecule has 2 unspecified atom stereocenters. The molecule has 31 heavy (non-hydrogen) atoms. The number of hydrogen-bond acceptors (Lipinski definition) is 4. The molecule has 2 aliphatic heterocycles. The van der Waals surface area contributed by atoms with Crippen LogP contribution in [-0.4, -0.2) is 47.0 Å². The third-order valence-corrected chi connectivity index (χ3v) is 6.25. The summed E-state index contributed by atoms with van der Waals surface area (Å²) in [6, 6.07) is 3.38. The predicted octanol–water partition coefficient (Wildman–Crippen LogP) is 2.64. The maximum absolute atomic E-state index is 13.3. The summed E-state index contributed by atoms with van der Waals surface area (Å²) in [5.74, 6) is -3.96. The molecule has 1 saturated heterocycles. The highest BCUT2D eigenvalue weighted by Gasteiger charge is 2.56. The summed E-state index contributed by atoms with van der Waals surface area (Å²) in [5, 5.41) is 2.20. The lowest BCUT2D eigenvalue weighted by Crippen LogP contribution is -2.52. The van der Waals surface area contributed by atoms with Crippen LogP contribution in [0.4, 0.5) is 13.2 Å². The molecule has 1 aliphatic carbocycles. The lowest BCUT2D eigenvalue weighted by molar-refractivity contribution is -0.168. The Morgan fingerprint density at radius 2 is 2.00 bits per heavy atom. The Hall–Kier alpha value is -3.04. The average Bonchev–Trinajstić information content (AvgIpc) is 3.33. The number of carbonyl (C=O) groups is 4. The number of amides is 4. The molecule has 2 fully saturated rings. The van der Waals surface area contributed by atoms with Gasteiger partial charge in [-0.05, 0) is 48.4 Å². The number of hydrogen-bond donors (Lipinski definition) is 1. The summed E-state index contributed by atoms with van der Waals surface area (Å²) in [4.78, 5) is 53.4. The Balaban J connectivity index is 1.51. The minimum absolute atomic E-state index is 0.0640. The van der Waals surface area contributed by atoms with E-state index in [2.05, 4.69) is 10.3 Å². The zero-order valence-corrected chi connectivity index (χ0v) is 16.7. The first-order valence-corrected chi connectivity index (χ1v) is 9.92. The van der Waals surface area contributed by atoms with Gasteiger partial charge in [0.1, 0.15) is 6.04 Å². The van der Waals surface area contributed by atoms with Crippen LogP contribution in [0.15, 0.2) is 23.2 Å². The topological polar surface area (TPSA) is 95.9 Å². The fraction of sp³-hybridized carbons (Fsp3) is 0.476. The number of rotatable bonds is 4. The van der Waals surface area contributed by atoms with Crippen LogP contribution in [0.25, 0.3) is 0 Å². The van der Waals surface area contributed by atoms with E-state index in [0.29, 0.717) is 30.2 Å². The summed E-state index contributed by atoms with van der Waals surface area (Å²) in [6.45, 7) is 1.58. The Morgan fingerprint density at radius 3 is 2.61 bits per heavy atom. The monoisotopic (exact) mass is 435 g/mol. The van der Waals surface area contributed by atoms with Crippen LogP contribution in [0.1, 0.15) is 58.9 Å². The fourth-order valence-corrected chi connectivity index (χ4v) is 4.09. The average molecular weight is 435 g/mol. The van der Waals surface area contributed by atoms with Crippen LogP contribution >= 0.6 is 0 Å². The number of aliphatic imine (C=N–C) groups is 1. The van der Waals surface area contributed by atoms with Crippen molar-refractivity contribution in [2.24, 2.45) is 16.3 Å². The van der Waals surface area contributed by atoms with E-state index in [9.17, 15) is 32.3 Å². The molecule has 0 radical (unpaired) electrons. The second-order valence-corrected chi connectivity index (χ2v) is 8.53. The van der Waals surface area contributed by atoms with E-state index in [1.54, 1.807) is 0 Å². The minimum Gasteiger partial charge on any atom is -0.322 e. The molecule has 1 N–H and O–H groups in total. The van der Waals surface area contributed by atoms with E-state index in [1.165, 1.54) is 30.0 Å².